The molecular weight excluding hydrogens is 586 g/mol. The number of unbranched alkanes of at least 4 members (excludes halogenated alkanes) is 3. The number of fused-ring (bicyclic) bond motifs is 1. The highest BCUT2D eigenvalue weighted by Gasteiger charge is 2.74. The molecule has 252 valence electrons. The maximum atomic E-state index is 14.5. The van der Waals surface area contributed by atoms with E-state index in [1.54, 1.807) is 22.0 Å². The van der Waals surface area contributed by atoms with Crippen molar-refractivity contribution in [2.45, 2.75) is 101 Å². The largest absolute Gasteiger partial charge is 0.463 e. The van der Waals surface area contributed by atoms with Crippen LogP contribution in [0.1, 0.15) is 83.7 Å². The van der Waals surface area contributed by atoms with Crippen LogP contribution in [0.3, 0.4) is 0 Å². The predicted molar refractivity (Wildman–Crippen MR) is 174 cm³/mol. The molecular formula is C36H51N3O7. The number of carbonyl (C=O) groups excluding carboxylic acids is 4. The third kappa shape index (κ3) is 7.39. The Bertz CT molecular complexity index is 1260. The molecule has 2 N–H and O–H groups in total. The van der Waals surface area contributed by atoms with Crippen LogP contribution in [-0.4, -0.2) is 88.2 Å². The van der Waals surface area contributed by atoms with Crippen molar-refractivity contribution in [3.8, 4) is 0 Å². The number of rotatable bonds is 17. The molecule has 1 aromatic carbocycles. The van der Waals surface area contributed by atoms with Gasteiger partial charge < -0.3 is 29.7 Å². The van der Waals surface area contributed by atoms with Crippen LogP contribution in [0.25, 0.3) is 0 Å². The molecule has 0 aliphatic carbocycles. The summed E-state index contributed by atoms with van der Waals surface area (Å²) >= 11 is 0. The minimum absolute atomic E-state index is 0.0586. The van der Waals surface area contributed by atoms with E-state index < -0.39 is 41.2 Å². The zero-order valence-electron chi connectivity index (χ0n) is 27.6. The van der Waals surface area contributed by atoms with Gasteiger partial charge in [-0.05, 0) is 58.4 Å². The lowest BCUT2D eigenvalue weighted by molar-refractivity contribution is -0.151. The zero-order chi connectivity index (χ0) is 33.5. The number of hydrogen-bond acceptors (Lipinski definition) is 7. The van der Waals surface area contributed by atoms with Gasteiger partial charge in [-0.2, -0.15) is 0 Å². The van der Waals surface area contributed by atoms with Crippen molar-refractivity contribution in [1.82, 2.24) is 15.1 Å². The number of benzene rings is 1. The van der Waals surface area contributed by atoms with Gasteiger partial charge in [-0.3, -0.25) is 19.2 Å². The summed E-state index contributed by atoms with van der Waals surface area (Å²) in [5.74, 6) is -2.77. The van der Waals surface area contributed by atoms with Crippen LogP contribution in [0.5, 0.6) is 0 Å². The second-order valence-corrected chi connectivity index (χ2v) is 13.6. The summed E-state index contributed by atoms with van der Waals surface area (Å²) < 4.78 is 12.2. The van der Waals surface area contributed by atoms with Crippen LogP contribution in [0.15, 0.2) is 55.6 Å². The van der Waals surface area contributed by atoms with Crippen molar-refractivity contribution in [2.24, 2.45) is 11.8 Å². The fraction of sp³-hybridized carbons (Fsp3) is 0.611. The second-order valence-electron chi connectivity index (χ2n) is 13.6. The molecule has 3 aliphatic rings. The van der Waals surface area contributed by atoms with Crippen molar-refractivity contribution in [2.75, 3.05) is 26.3 Å². The van der Waals surface area contributed by atoms with Gasteiger partial charge in [-0.25, -0.2) is 0 Å². The van der Waals surface area contributed by atoms with Gasteiger partial charge in [-0.1, -0.05) is 55.3 Å². The number of aliphatic hydroxyl groups is 1. The molecule has 6 atom stereocenters. The summed E-state index contributed by atoms with van der Waals surface area (Å²) in [5, 5.41) is 12.3. The number of carbonyl (C=O) groups is 4. The third-order valence-electron chi connectivity index (χ3n) is 9.51. The van der Waals surface area contributed by atoms with Crippen LogP contribution in [0.2, 0.25) is 0 Å². The minimum Gasteiger partial charge on any atom is -0.463 e. The average Bonchev–Trinajstić information content (AvgIpc) is 3.67. The van der Waals surface area contributed by atoms with Crippen LogP contribution in [0.4, 0.5) is 0 Å². The van der Waals surface area contributed by atoms with E-state index >= 15 is 0 Å². The first-order chi connectivity index (χ1) is 22.0. The molecule has 3 saturated heterocycles. The quantitative estimate of drug-likeness (QED) is 0.150. The molecule has 1 aromatic rings. The first kappa shape index (κ1) is 35.4. The first-order valence-electron chi connectivity index (χ1n) is 16.6. The highest BCUT2D eigenvalue weighted by atomic mass is 16.5. The number of nitrogens with one attached hydrogen (secondary N) is 1. The summed E-state index contributed by atoms with van der Waals surface area (Å²) in [7, 11) is 0. The zero-order valence-corrected chi connectivity index (χ0v) is 27.6. The first-order valence-corrected chi connectivity index (χ1v) is 16.6. The highest BCUT2D eigenvalue weighted by molar-refractivity contribution is 5.99. The fourth-order valence-corrected chi connectivity index (χ4v) is 7.33. The topological polar surface area (TPSA) is 125 Å². The number of hydrogen-bond donors (Lipinski definition) is 2. The number of allylic oxidation sites excluding steroid dienone is 1. The number of ether oxygens (including phenoxy) is 2. The van der Waals surface area contributed by atoms with Gasteiger partial charge in [0.05, 0.1) is 24.0 Å². The van der Waals surface area contributed by atoms with Crippen molar-refractivity contribution < 1.29 is 33.8 Å². The van der Waals surface area contributed by atoms with Crippen molar-refractivity contribution in [3.05, 3.63) is 61.2 Å². The van der Waals surface area contributed by atoms with E-state index in [1.165, 1.54) is 0 Å². The van der Waals surface area contributed by atoms with Crippen molar-refractivity contribution in [3.63, 3.8) is 0 Å². The van der Waals surface area contributed by atoms with Crippen molar-refractivity contribution >= 4 is 23.7 Å². The van der Waals surface area contributed by atoms with E-state index in [0.717, 1.165) is 18.4 Å². The van der Waals surface area contributed by atoms with Crippen LogP contribution in [0, 0.1) is 11.8 Å². The number of aliphatic hydroxyl groups excluding tert-OH is 1. The maximum Gasteiger partial charge on any atom is 0.306 e. The lowest BCUT2D eigenvalue weighted by Crippen LogP contribution is -2.60. The van der Waals surface area contributed by atoms with E-state index in [-0.39, 0.29) is 43.3 Å². The summed E-state index contributed by atoms with van der Waals surface area (Å²) in [6, 6.07) is 7.79. The molecule has 10 heteroatoms. The van der Waals surface area contributed by atoms with Gasteiger partial charge in [0, 0.05) is 31.7 Å². The Balaban J connectivity index is 1.62. The molecule has 3 heterocycles. The normalized spacial score (nSPS) is 25.6. The van der Waals surface area contributed by atoms with Gasteiger partial charge in [0.25, 0.3) is 0 Å². The van der Waals surface area contributed by atoms with E-state index in [2.05, 4.69) is 18.5 Å². The summed E-state index contributed by atoms with van der Waals surface area (Å²) in [6.45, 7) is 14.1. The van der Waals surface area contributed by atoms with Gasteiger partial charge in [0.2, 0.25) is 17.7 Å². The molecule has 0 aromatic heterocycles. The van der Waals surface area contributed by atoms with Gasteiger partial charge in [0.1, 0.15) is 18.2 Å². The van der Waals surface area contributed by atoms with E-state index in [4.69, 9.17) is 9.47 Å². The second kappa shape index (κ2) is 15.4. The van der Waals surface area contributed by atoms with Crippen LogP contribution in [-0.2, 0) is 28.7 Å². The molecule has 10 nitrogen and oxygen atoms in total. The Kier molecular flexibility index (Phi) is 11.8. The SMILES string of the molecule is C=CCCC(=O)OC[C@@H](NC(=O)[C@@H]1[C@@H]2CC[C@]3(O2)[C@H](C(=O)N(CC=C)C(C)(C)C)N(CCCCCCO)C(=O)[C@@H]13)c1ccccc1. The van der Waals surface area contributed by atoms with Crippen LogP contribution >= 0.6 is 0 Å². The van der Waals surface area contributed by atoms with Gasteiger partial charge in [0.15, 0.2) is 0 Å². The molecule has 0 unspecified atom stereocenters. The smallest absolute Gasteiger partial charge is 0.306 e. The molecule has 4 rings (SSSR count). The van der Waals surface area contributed by atoms with E-state index in [9.17, 15) is 24.3 Å². The maximum absolute atomic E-state index is 14.5. The Morgan fingerprint density at radius 1 is 1.15 bits per heavy atom. The Hall–Kier alpha value is -3.50. The Morgan fingerprint density at radius 3 is 2.52 bits per heavy atom. The Morgan fingerprint density at radius 2 is 1.87 bits per heavy atom. The molecule has 46 heavy (non-hydrogen) atoms. The number of nitrogens with zero attached hydrogens (tertiary/aromatic N) is 2. The third-order valence-corrected chi connectivity index (χ3v) is 9.51. The summed E-state index contributed by atoms with van der Waals surface area (Å²) in [4.78, 5) is 58.8. The standard InChI is InChI=1S/C36H51N3O7/c1-6-8-18-28(41)45-24-26(25-16-12-11-13-17-25)37-32(42)29-27-19-20-36(46-27)30(29)33(43)38(22-14-9-10-15-23-40)31(36)34(44)39(21-7-2)35(3,4)5/h6-7,11-13,16-17,26-27,29-31,40H,1-2,8-10,14-15,18-24H2,3-5H3,(H,37,42)/t26-,27+,29-,30-,31+,36-/m1/s1. The molecule has 0 radical (unpaired) electrons. The highest BCUT2D eigenvalue weighted by Crippen LogP contribution is 2.58. The number of likely N-dealkylation sites (tertiary alicyclic amines) is 1. The molecule has 3 aliphatic heterocycles. The van der Waals surface area contributed by atoms with Gasteiger partial charge >= 0.3 is 5.97 Å². The number of amides is 3. The lowest BCUT2D eigenvalue weighted by atomic mass is 9.70. The Labute approximate surface area is 273 Å². The lowest BCUT2D eigenvalue weighted by Gasteiger charge is -2.42. The molecule has 1 spiro atoms. The van der Waals surface area contributed by atoms with Crippen LogP contribution < -0.4 is 5.32 Å². The summed E-state index contributed by atoms with van der Waals surface area (Å²) in [6.07, 6.45) is 7.54. The summed E-state index contributed by atoms with van der Waals surface area (Å²) in [5.41, 5.74) is -0.877. The van der Waals surface area contributed by atoms with E-state index in [0.29, 0.717) is 45.2 Å². The molecule has 3 fully saturated rings. The molecule has 2 bridgehead atoms. The average molecular weight is 638 g/mol. The minimum atomic E-state index is -1.12. The van der Waals surface area contributed by atoms with E-state index in [1.807, 2.05) is 51.1 Å². The predicted octanol–water partition coefficient (Wildman–Crippen LogP) is 4.09. The van der Waals surface area contributed by atoms with Crippen molar-refractivity contribution in [1.29, 1.82) is 0 Å². The fourth-order valence-electron chi connectivity index (χ4n) is 7.33. The monoisotopic (exact) mass is 637 g/mol. The molecule has 0 saturated carbocycles. The molecule has 3 amide bonds. The number of esters is 1. The van der Waals surface area contributed by atoms with Gasteiger partial charge in [-0.15, -0.1) is 13.2 Å².